The molecule has 3 rings (SSSR count). The maximum absolute atomic E-state index is 13.0. The maximum Gasteiger partial charge on any atom is 0.251 e. The van der Waals surface area contributed by atoms with Gasteiger partial charge in [-0.3, -0.25) is 9.59 Å². The van der Waals surface area contributed by atoms with Crippen LogP contribution in [0.25, 0.3) is 0 Å². The van der Waals surface area contributed by atoms with E-state index in [0.29, 0.717) is 23.5 Å². The SMILES string of the molecule is COc1cccc(C(=O)NC2CC(=O)N(c3ccc(F)cc3)C2)c1. The van der Waals surface area contributed by atoms with Crippen molar-refractivity contribution in [3.05, 3.63) is 59.9 Å². The topological polar surface area (TPSA) is 58.6 Å². The van der Waals surface area contributed by atoms with Crippen LogP contribution in [0, 0.1) is 5.82 Å². The van der Waals surface area contributed by atoms with Gasteiger partial charge in [0, 0.05) is 24.2 Å². The summed E-state index contributed by atoms with van der Waals surface area (Å²) in [7, 11) is 1.53. The number of benzene rings is 2. The van der Waals surface area contributed by atoms with Gasteiger partial charge in [0.25, 0.3) is 5.91 Å². The van der Waals surface area contributed by atoms with Crippen molar-refractivity contribution in [3.8, 4) is 5.75 Å². The predicted octanol–water partition coefficient (Wildman–Crippen LogP) is 2.37. The van der Waals surface area contributed by atoms with Gasteiger partial charge in [-0.1, -0.05) is 6.07 Å². The molecule has 1 atom stereocenters. The van der Waals surface area contributed by atoms with E-state index in [9.17, 15) is 14.0 Å². The van der Waals surface area contributed by atoms with E-state index in [1.165, 1.54) is 19.2 Å². The fraction of sp³-hybridized carbons (Fsp3) is 0.222. The highest BCUT2D eigenvalue weighted by atomic mass is 19.1. The highest BCUT2D eigenvalue weighted by Gasteiger charge is 2.31. The first-order valence-electron chi connectivity index (χ1n) is 7.57. The normalized spacial score (nSPS) is 17.0. The van der Waals surface area contributed by atoms with Crippen molar-refractivity contribution in [2.45, 2.75) is 12.5 Å². The molecule has 1 aliphatic rings. The summed E-state index contributed by atoms with van der Waals surface area (Å²) < 4.78 is 18.1. The maximum atomic E-state index is 13.0. The molecule has 1 unspecified atom stereocenters. The average molecular weight is 328 g/mol. The molecule has 5 nitrogen and oxygen atoms in total. The number of rotatable bonds is 4. The van der Waals surface area contributed by atoms with Gasteiger partial charge in [0.1, 0.15) is 11.6 Å². The Labute approximate surface area is 139 Å². The predicted molar refractivity (Wildman–Crippen MR) is 87.6 cm³/mol. The van der Waals surface area contributed by atoms with Crippen molar-refractivity contribution in [2.24, 2.45) is 0 Å². The molecule has 2 aromatic rings. The Morgan fingerprint density at radius 2 is 2.00 bits per heavy atom. The van der Waals surface area contributed by atoms with E-state index >= 15 is 0 Å². The summed E-state index contributed by atoms with van der Waals surface area (Å²) in [5.74, 6) is -0.114. The number of ether oxygens (including phenoxy) is 1. The largest absolute Gasteiger partial charge is 0.497 e. The zero-order valence-electron chi connectivity index (χ0n) is 13.2. The van der Waals surface area contributed by atoms with Crippen LogP contribution < -0.4 is 15.0 Å². The quantitative estimate of drug-likeness (QED) is 0.937. The van der Waals surface area contributed by atoms with Crippen molar-refractivity contribution < 1.29 is 18.7 Å². The molecule has 0 bridgehead atoms. The molecular formula is C18H17FN2O3. The smallest absolute Gasteiger partial charge is 0.251 e. The van der Waals surface area contributed by atoms with Crippen LogP contribution in [0.15, 0.2) is 48.5 Å². The van der Waals surface area contributed by atoms with Gasteiger partial charge in [-0.2, -0.15) is 0 Å². The molecule has 1 fully saturated rings. The standard InChI is InChI=1S/C18H17FN2O3/c1-24-16-4-2-3-12(9-16)18(23)20-14-10-17(22)21(11-14)15-7-5-13(19)6-8-15/h2-9,14H,10-11H2,1H3,(H,20,23). The van der Waals surface area contributed by atoms with Crippen molar-refractivity contribution >= 4 is 17.5 Å². The number of methoxy groups -OCH3 is 1. The lowest BCUT2D eigenvalue weighted by molar-refractivity contribution is -0.117. The van der Waals surface area contributed by atoms with Gasteiger partial charge in [0.05, 0.1) is 13.2 Å². The van der Waals surface area contributed by atoms with E-state index in [4.69, 9.17) is 4.74 Å². The molecule has 2 aromatic carbocycles. The van der Waals surface area contributed by atoms with Crippen molar-refractivity contribution in [1.82, 2.24) is 5.32 Å². The number of hydrogen-bond donors (Lipinski definition) is 1. The number of carbonyl (C=O) groups is 2. The number of carbonyl (C=O) groups excluding carboxylic acids is 2. The summed E-state index contributed by atoms with van der Waals surface area (Å²) in [6, 6.07) is 12.3. The van der Waals surface area contributed by atoms with Crippen LogP contribution in [0.4, 0.5) is 10.1 Å². The van der Waals surface area contributed by atoms with Gasteiger partial charge in [-0.05, 0) is 42.5 Å². The fourth-order valence-corrected chi connectivity index (χ4v) is 2.71. The molecule has 1 saturated heterocycles. The van der Waals surface area contributed by atoms with Gasteiger partial charge < -0.3 is 15.0 Å². The summed E-state index contributed by atoms with van der Waals surface area (Å²) in [5.41, 5.74) is 1.10. The number of amides is 2. The molecular weight excluding hydrogens is 311 g/mol. The number of anilines is 1. The first-order chi connectivity index (χ1) is 11.6. The zero-order valence-corrected chi connectivity index (χ0v) is 13.2. The minimum atomic E-state index is -0.353. The minimum Gasteiger partial charge on any atom is -0.497 e. The van der Waals surface area contributed by atoms with E-state index in [1.54, 1.807) is 41.3 Å². The van der Waals surface area contributed by atoms with Crippen LogP contribution in [0.3, 0.4) is 0 Å². The van der Waals surface area contributed by atoms with Crippen molar-refractivity contribution in [2.75, 3.05) is 18.6 Å². The number of halogens is 1. The number of nitrogens with one attached hydrogen (secondary N) is 1. The zero-order chi connectivity index (χ0) is 17.1. The highest BCUT2D eigenvalue weighted by molar-refractivity contribution is 5.99. The lowest BCUT2D eigenvalue weighted by Crippen LogP contribution is -2.37. The monoisotopic (exact) mass is 328 g/mol. The molecule has 1 heterocycles. The van der Waals surface area contributed by atoms with Crippen LogP contribution in [-0.4, -0.2) is 31.5 Å². The molecule has 2 amide bonds. The second-order valence-corrected chi connectivity index (χ2v) is 5.59. The molecule has 6 heteroatoms. The molecule has 1 aliphatic heterocycles. The van der Waals surface area contributed by atoms with Crippen LogP contribution >= 0.6 is 0 Å². The summed E-state index contributed by atoms with van der Waals surface area (Å²) in [4.78, 5) is 26.0. The second-order valence-electron chi connectivity index (χ2n) is 5.59. The Kier molecular flexibility index (Phi) is 4.46. The van der Waals surface area contributed by atoms with Gasteiger partial charge in [0.2, 0.25) is 5.91 Å². The Morgan fingerprint density at radius 3 is 2.71 bits per heavy atom. The lowest BCUT2D eigenvalue weighted by Gasteiger charge is -2.17. The summed E-state index contributed by atoms with van der Waals surface area (Å²) in [5, 5.41) is 2.86. The number of hydrogen-bond acceptors (Lipinski definition) is 3. The van der Waals surface area contributed by atoms with E-state index in [1.807, 2.05) is 0 Å². The van der Waals surface area contributed by atoms with Crippen LogP contribution in [0.1, 0.15) is 16.8 Å². The summed E-state index contributed by atoms with van der Waals surface area (Å²) in [6.07, 6.45) is 0.215. The van der Waals surface area contributed by atoms with Gasteiger partial charge in [-0.15, -0.1) is 0 Å². The van der Waals surface area contributed by atoms with Crippen LogP contribution in [0.5, 0.6) is 5.75 Å². The fourth-order valence-electron chi connectivity index (χ4n) is 2.71. The van der Waals surface area contributed by atoms with E-state index in [0.717, 1.165) is 0 Å². The van der Waals surface area contributed by atoms with Crippen LogP contribution in [-0.2, 0) is 4.79 Å². The lowest BCUT2D eigenvalue weighted by atomic mass is 10.1. The molecule has 124 valence electrons. The van der Waals surface area contributed by atoms with Gasteiger partial charge in [-0.25, -0.2) is 4.39 Å². The van der Waals surface area contributed by atoms with E-state index in [-0.39, 0.29) is 30.1 Å². The molecule has 1 N–H and O–H groups in total. The molecule has 0 saturated carbocycles. The van der Waals surface area contributed by atoms with Crippen molar-refractivity contribution in [3.63, 3.8) is 0 Å². The van der Waals surface area contributed by atoms with E-state index in [2.05, 4.69) is 5.32 Å². The Bertz CT molecular complexity index is 761. The van der Waals surface area contributed by atoms with Crippen molar-refractivity contribution in [1.29, 1.82) is 0 Å². The molecule has 0 aromatic heterocycles. The minimum absolute atomic E-state index is 0.0995. The third-order valence-electron chi connectivity index (χ3n) is 3.93. The summed E-state index contributed by atoms with van der Waals surface area (Å²) in [6.45, 7) is 0.361. The molecule has 0 aliphatic carbocycles. The average Bonchev–Trinajstić information content (AvgIpc) is 2.96. The highest BCUT2D eigenvalue weighted by Crippen LogP contribution is 2.22. The molecule has 0 radical (unpaired) electrons. The molecule has 24 heavy (non-hydrogen) atoms. The first-order valence-corrected chi connectivity index (χ1v) is 7.57. The molecule has 0 spiro atoms. The first kappa shape index (κ1) is 16.0. The number of nitrogens with zero attached hydrogens (tertiary/aromatic N) is 1. The Morgan fingerprint density at radius 1 is 1.25 bits per heavy atom. The Balaban J connectivity index is 1.67. The van der Waals surface area contributed by atoms with Crippen LogP contribution in [0.2, 0.25) is 0 Å². The van der Waals surface area contributed by atoms with E-state index < -0.39 is 0 Å². The van der Waals surface area contributed by atoms with Gasteiger partial charge >= 0.3 is 0 Å². The third kappa shape index (κ3) is 3.37. The third-order valence-corrected chi connectivity index (χ3v) is 3.93. The summed E-state index contributed by atoms with van der Waals surface area (Å²) >= 11 is 0. The second kappa shape index (κ2) is 6.70. The Hall–Kier alpha value is -2.89. The van der Waals surface area contributed by atoms with Gasteiger partial charge in [0.15, 0.2) is 0 Å².